The fourth-order valence-electron chi connectivity index (χ4n) is 1.24. The van der Waals surface area contributed by atoms with Gasteiger partial charge >= 0.3 is 0 Å². The first-order chi connectivity index (χ1) is 7.52. The van der Waals surface area contributed by atoms with Crippen LogP contribution in [0, 0.1) is 6.92 Å². The lowest BCUT2D eigenvalue weighted by Crippen LogP contribution is -2.22. The molecule has 0 spiro atoms. The third-order valence-corrected chi connectivity index (χ3v) is 2.02. The van der Waals surface area contributed by atoms with Crippen molar-refractivity contribution in [1.29, 1.82) is 0 Å². The van der Waals surface area contributed by atoms with Crippen molar-refractivity contribution in [2.24, 2.45) is 5.73 Å². The molecule has 0 unspecified atom stereocenters. The predicted molar refractivity (Wildman–Crippen MR) is 63.2 cm³/mol. The largest absolute Gasteiger partial charge is 0.326 e. The van der Waals surface area contributed by atoms with E-state index in [0.29, 0.717) is 11.4 Å². The molecule has 5 heteroatoms. The first-order valence-corrected chi connectivity index (χ1v) is 4.91. The van der Waals surface area contributed by atoms with Gasteiger partial charge in [-0.25, -0.2) is 0 Å². The van der Waals surface area contributed by atoms with Crippen LogP contribution in [0.4, 0.5) is 11.4 Å². The zero-order valence-electron chi connectivity index (χ0n) is 9.33. The average molecular weight is 221 g/mol. The zero-order chi connectivity index (χ0) is 12.1. The maximum absolute atomic E-state index is 11.1. The third-order valence-electron chi connectivity index (χ3n) is 2.02. The number of amides is 2. The van der Waals surface area contributed by atoms with E-state index >= 15 is 0 Å². The Morgan fingerprint density at radius 1 is 1.31 bits per heavy atom. The summed E-state index contributed by atoms with van der Waals surface area (Å²) >= 11 is 0. The molecular formula is C11H15N3O2. The second-order valence-electron chi connectivity index (χ2n) is 3.46. The molecule has 0 aromatic heterocycles. The Labute approximate surface area is 94.0 Å². The van der Waals surface area contributed by atoms with Gasteiger partial charge in [0.1, 0.15) is 0 Å². The number of carbonyl (C=O) groups excluding carboxylic acids is 2. The van der Waals surface area contributed by atoms with Crippen molar-refractivity contribution in [2.75, 3.05) is 17.2 Å². The van der Waals surface area contributed by atoms with Crippen molar-refractivity contribution in [3.8, 4) is 0 Å². The molecule has 4 N–H and O–H groups in total. The number of rotatable bonds is 3. The van der Waals surface area contributed by atoms with Crippen molar-refractivity contribution in [3.05, 3.63) is 23.8 Å². The van der Waals surface area contributed by atoms with Gasteiger partial charge in [-0.3, -0.25) is 9.59 Å². The Kier molecular flexibility index (Phi) is 4.02. The van der Waals surface area contributed by atoms with E-state index in [9.17, 15) is 9.59 Å². The molecule has 0 bridgehead atoms. The van der Waals surface area contributed by atoms with Crippen LogP contribution >= 0.6 is 0 Å². The molecule has 0 aliphatic heterocycles. The van der Waals surface area contributed by atoms with Gasteiger partial charge in [0.15, 0.2) is 0 Å². The molecule has 1 aromatic rings. The molecular weight excluding hydrogens is 206 g/mol. The fraction of sp³-hybridized carbons (Fsp3) is 0.273. The number of hydrogen-bond donors (Lipinski definition) is 3. The Hall–Kier alpha value is -1.88. The van der Waals surface area contributed by atoms with Crippen LogP contribution in [0.2, 0.25) is 0 Å². The smallest absolute Gasteiger partial charge is 0.238 e. The fourth-order valence-corrected chi connectivity index (χ4v) is 1.24. The number of nitrogens with one attached hydrogen (secondary N) is 2. The molecule has 0 radical (unpaired) electrons. The summed E-state index contributed by atoms with van der Waals surface area (Å²) in [5.41, 5.74) is 7.42. The summed E-state index contributed by atoms with van der Waals surface area (Å²) in [4.78, 5) is 22.0. The van der Waals surface area contributed by atoms with Crippen molar-refractivity contribution in [1.82, 2.24) is 0 Å². The van der Waals surface area contributed by atoms with Crippen LogP contribution in [0.25, 0.3) is 0 Å². The number of anilines is 2. The van der Waals surface area contributed by atoms with Gasteiger partial charge in [-0.1, -0.05) is 6.07 Å². The summed E-state index contributed by atoms with van der Waals surface area (Å²) in [7, 11) is 0. The van der Waals surface area contributed by atoms with Gasteiger partial charge in [-0.15, -0.1) is 0 Å². The minimum absolute atomic E-state index is 0.0657. The molecule has 0 saturated heterocycles. The quantitative estimate of drug-likeness (QED) is 0.707. The second kappa shape index (κ2) is 5.27. The van der Waals surface area contributed by atoms with Crippen molar-refractivity contribution in [2.45, 2.75) is 13.8 Å². The van der Waals surface area contributed by atoms with Gasteiger partial charge in [-0.2, -0.15) is 0 Å². The number of hydrogen-bond acceptors (Lipinski definition) is 3. The Bertz CT molecular complexity index is 416. The van der Waals surface area contributed by atoms with E-state index < -0.39 is 0 Å². The van der Waals surface area contributed by atoms with Gasteiger partial charge in [0.05, 0.1) is 6.54 Å². The highest BCUT2D eigenvalue weighted by atomic mass is 16.2. The number of nitrogens with two attached hydrogens (primary N) is 1. The minimum atomic E-state index is -0.261. The summed E-state index contributed by atoms with van der Waals surface area (Å²) in [6, 6.07) is 5.29. The maximum Gasteiger partial charge on any atom is 0.238 e. The van der Waals surface area contributed by atoms with E-state index in [0.717, 1.165) is 5.56 Å². The highest BCUT2D eigenvalue weighted by molar-refractivity contribution is 5.94. The van der Waals surface area contributed by atoms with E-state index in [4.69, 9.17) is 5.73 Å². The Morgan fingerprint density at radius 3 is 2.56 bits per heavy atom. The van der Waals surface area contributed by atoms with Gasteiger partial charge in [-0.05, 0) is 24.6 Å². The summed E-state index contributed by atoms with van der Waals surface area (Å²) in [6.45, 7) is 3.23. The highest BCUT2D eigenvalue weighted by Gasteiger charge is 2.04. The summed E-state index contributed by atoms with van der Waals surface area (Å²) in [5.74, 6) is -0.414. The molecule has 1 aromatic carbocycles. The molecule has 0 saturated carbocycles. The molecule has 1 rings (SSSR count). The number of benzene rings is 1. The molecule has 0 aliphatic rings. The first-order valence-electron chi connectivity index (χ1n) is 4.91. The van der Waals surface area contributed by atoms with Crippen molar-refractivity contribution < 1.29 is 9.59 Å². The van der Waals surface area contributed by atoms with Gasteiger partial charge in [0.25, 0.3) is 0 Å². The first kappa shape index (κ1) is 12.2. The van der Waals surface area contributed by atoms with Crippen LogP contribution in [-0.2, 0) is 9.59 Å². The van der Waals surface area contributed by atoms with Crippen LogP contribution in [0.3, 0.4) is 0 Å². The van der Waals surface area contributed by atoms with Crippen LogP contribution < -0.4 is 16.4 Å². The SMILES string of the molecule is CC(=O)Nc1ccc(C)c(NC(=O)CN)c1. The van der Waals surface area contributed by atoms with Crippen molar-refractivity contribution >= 4 is 23.2 Å². The zero-order valence-corrected chi connectivity index (χ0v) is 9.33. The van der Waals surface area contributed by atoms with Gasteiger partial charge in [0, 0.05) is 18.3 Å². The van der Waals surface area contributed by atoms with E-state index in [2.05, 4.69) is 10.6 Å². The highest BCUT2D eigenvalue weighted by Crippen LogP contribution is 2.20. The van der Waals surface area contributed by atoms with Crippen LogP contribution in [0.5, 0.6) is 0 Å². The van der Waals surface area contributed by atoms with E-state index in [1.165, 1.54) is 6.92 Å². The molecule has 0 heterocycles. The monoisotopic (exact) mass is 221 g/mol. The molecule has 0 fully saturated rings. The lowest BCUT2D eigenvalue weighted by Gasteiger charge is -2.10. The van der Waals surface area contributed by atoms with Crippen molar-refractivity contribution in [3.63, 3.8) is 0 Å². The Balaban J connectivity index is 2.90. The summed E-state index contributed by atoms with van der Waals surface area (Å²) in [5, 5.41) is 5.30. The van der Waals surface area contributed by atoms with Crippen LogP contribution in [-0.4, -0.2) is 18.4 Å². The standard InChI is InChI=1S/C11H15N3O2/c1-7-3-4-9(13-8(2)15)5-10(7)14-11(16)6-12/h3-5H,6,12H2,1-2H3,(H,13,15)(H,14,16). The molecule has 5 nitrogen and oxygen atoms in total. The average Bonchev–Trinajstić information content (AvgIpc) is 2.22. The molecule has 0 atom stereocenters. The third kappa shape index (κ3) is 3.36. The lowest BCUT2D eigenvalue weighted by atomic mass is 10.1. The lowest BCUT2D eigenvalue weighted by molar-refractivity contribution is -0.115. The molecule has 0 aliphatic carbocycles. The predicted octanol–water partition coefficient (Wildman–Crippen LogP) is 0.851. The van der Waals surface area contributed by atoms with E-state index in [-0.39, 0.29) is 18.4 Å². The van der Waals surface area contributed by atoms with Crippen LogP contribution in [0.1, 0.15) is 12.5 Å². The topological polar surface area (TPSA) is 84.2 Å². The summed E-state index contributed by atoms with van der Waals surface area (Å²) < 4.78 is 0. The van der Waals surface area contributed by atoms with E-state index in [1.807, 2.05) is 13.0 Å². The minimum Gasteiger partial charge on any atom is -0.326 e. The summed E-state index contributed by atoms with van der Waals surface area (Å²) in [6.07, 6.45) is 0. The van der Waals surface area contributed by atoms with E-state index in [1.54, 1.807) is 12.1 Å². The molecule has 16 heavy (non-hydrogen) atoms. The maximum atomic E-state index is 11.1. The molecule has 86 valence electrons. The normalized spacial score (nSPS) is 9.69. The van der Waals surface area contributed by atoms with Gasteiger partial charge in [0.2, 0.25) is 11.8 Å². The second-order valence-corrected chi connectivity index (χ2v) is 3.46. The number of aryl methyl sites for hydroxylation is 1. The number of carbonyl (C=O) groups is 2. The molecule has 2 amide bonds. The van der Waals surface area contributed by atoms with Gasteiger partial charge < -0.3 is 16.4 Å². The Morgan fingerprint density at radius 2 is 2.00 bits per heavy atom. The van der Waals surface area contributed by atoms with Crippen LogP contribution in [0.15, 0.2) is 18.2 Å².